The van der Waals surface area contributed by atoms with E-state index in [1.165, 1.54) is 39.2 Å². The summed E-state index contributed by atoms with van der Waals surface area (Å²) in [7, 11) is 2.77. The van der Waals surface area contributed by atoms with E-state index < -0.39 is 10.8 Å². The van der Waals surface area contributed by atoms with Crippen LogP contribution in [-0.4, -0.2) is 31.2 Å². The Morgan fingerprint density at radius 1 is 1.07 bits per heavy atom. The van der Waals surface area contributed by atoms with Crippen LogP contribution in [0.25, 0.3) is 0 Å². The topological polar surface area (TPSA) is 99.9 Å². The third-order valence-corrected chi connectivity index (χ3v) is 4.66. The molecule has 8 heteroatoms. The molecule has 0 saturated heterocycles. The van der Waals surface area contributed by atoms with Crippen LogP contribution >= 0.6 is 0 Å². The van der Waals surface area contributed by atoms with E-state index in [0.29, 0.717) is 5.69 Å². The molecule has 1 N–H and O–H groups in total. The van der Waals surface area contributed by atoms with Crippen LogP contribution in [0.15, 0.2) is 36.4 Å². The van der Waals surface area contributed by atoms with Gasteiger partial charge in [0, 0.05) is 11.8 Å². The summed E-state index contributed by atoms with van der Waals surface area (Å²) in [5, 5.41) is 14.0. The number of hydrogen-bond donors (Lipinski definition) is 1. The number of amides is 1. The van der Waals surface area contributed by atoms with E-state index in [2.05, 4.69) is 5.32 Å². The van der Waals surface area contributed by atoms with E-state index in [-0.39, 0.29) is 28.9 Å². The maximum atomic E-state index is 12.6. The monoisotopic (exact) mass is 386 g/mol. The van der Waals surface area contributed by atoms with Crippen molar-refractivity contribution in [3.05, 3.63) is 52.1 Å². The molecule has 28 heavy (non-hydrogen) atoms. The van der Waals surface area contributed by atoms with Gasteiger partial charge in [-0.05, 0) is 49.9 Å². The molecule has 0 radical (unpaired) electrons. The van der Waals surface area contributed by atoms with E-state index in [1.807, 2.05) is 0 Å². The van der Waals surface area contributed by atoms with Gasteiger partial charge < -0.3 is 19.5 Å². The van der Waals surface area contributed by atoms with E-state index in [4.69, 9.17) is 14.2 Å². The fourth-order valence-corrected chi connectivity index (χ4v) is 3.22. The van der Waals surface area contributed by atoms with Gasteiger partial charge in [0.2, 0.25) is 0 Å². The van der Waals surface area contributed by atoms with Crippen LogP contribution in [0.3, 0.4) is 0 Å². The number of carbonyl (C=O) groups excluding carboxylic acids is 1. The first kappa shape index (κ1) is 19.5. The van der Waals surface area contributed by atoms with Gasteiger partial charge in [0.05, 0.1) is 31.3 Å². The van der Waals surface area contributed by atoms with Gasteiger partial charge in [-0.15, -0.1) is 0 Å². The van der Waals surface area contributed by atoms with Crippen LogP contribution in [0.2, 0.25) is 0 Å². The molecule has 0 spiro atoms. The lowest BCUT2D eigenvalue weighted by Gasteiger charge is -2.14. The quantitative estimate of drug-likeness (QED) is 0.566. The molecule has 1 amide bonds. The molecule has 0 aliphatic heterocycles. The van der Waals surface area contributed by atoms with E-state index in [9.17, 15) is 14.9 Å². The Balaban J connectivity index is 1.77. The van der Waals surface area contributed by atoms with Crippen molar-refractivity contribution in [3.63, 3.8) is 0 Å². The Morgan fingerprint density at radius 2 is 1.68 bits per heavy atom. The lowest BCUT2D eigenvalue weighted by Crippen LogP contribution is -2.15. The fourth-order valence-electron chi connectivity index (χ4n) is 3.22. The van der Waals surface area contributed by atoms with Gasteiger partial charge in [-0.25, -0.2) is 0 Å². The molecule has 8 nitrogen and oxygen atoms in total. The molecule has 3 rings (SSSR count). The molecule has 0 bridgehead atoms. The van der Waals surface area contributed by atoms with Crippen molar-refractivity contribution < 1.29 is 23.9 Å². The van der Waals surface area contributed by atoms with E-state index in [0.717, 1.165) is 18.6 Å². The smallest absolute Gasteiger partial charge is 0.286 e. The largest absolute Gasteiger partial charge is 0.493 e. The number of nitrogens with one attached hydrogen (secondary N) is 1. The zero-order valence-corrected chi connectivity index (χ0v) is 15.8. The normalized spacial score (nSPS) is 13.8. The number of ether oxygens (including phenoxy) is 3. The first-order valence-corrected chi connectivity index (χ1v) is 9.00. The molecule has 0 unspecified atom stereocenters. The third-order valence-electron chi connectivity index (χ3n) is 4.66. The highest BCUT2D eigenvalue weighted by molar-refractivity contribution is 6.07. The highest BCUT2D eigenvalue weighted by Gasteiger charge is 2.24. The summed E-state index contributed by atoms with van der Waals surface area (Å²) in [6.45, 7) is 0. The van der Waals surface area contributed by atoms with Gasteiger partial charge in [-0.1, -0.05) is 0 Å². The molecule has 0 aromatic heterocycles. The molecule has 1 fully saturated rings. The molecular formula is C20H22N2O6. The highest BCUT2D eigenvalue weighted by Crippen LogP contribution is 2.35. The second-order valence-electron chi connectivity index (χ2n) is 6.48. The maximum Gasteiger partial charge on any atom is 0.286 e. The Morgan fingerprint density at radius 3 is 2.25 bits per heavy atom. The Bertz CT molecular complexity index is 860. The van der Waals surface area contributed by atoms with Crippen molar-refractivity contribution >= 4 is 17.3 Å². The van der Waals surface area contributed by atoms with Crippen LogP contribution in [0.1, 0.15) is 36.0 Å². The van der Waals surface area contributed by atoms with Crippen molar-refractivity contribution in [2.45, 2.75) is 31.8 Å². The predicted molar refractivity (Wildman–Crippen MR) is 103 cm³/mol. The Labute approximate surface area is 162 Å². The van der Waals surface area contributed by atoms with Crippen molar-refractivity contribution in [2.24, 2.45) is 0 Å². The highest BCUT2D eigenvalue weighted by atomic mass is 16.6. The number of rotatable bonds is 7. The molecule has 1 aliphatic carbocycles. The van der Waals surface area contributed by atoms with Gasteiger partial charge >= 0.3 is 0 Å². The number of nitrogens with zero attached hydrogens (tertiary/aromatic N) is 1. The number of hydrogen-bond acceptors (Lipinski definition) is 6. The maximum absolute atomic E-state index is 12.6. The molecule has 1 saturated carbocycles. The third kappa shape index (κ3) is 4.33. The molecule has 0 heterocycles. The second kappa shape index (κ2) is 8.60. The SMILES string of the molecule is COc1cc(C(=O)Nc2ccc(OC3CCCC3)cc2)c([N+](=O)[O-])cc1OC. The Hall–Kier alpha value is -3.29. The van der Waals surface area contributed by atoms with Crippen molar-refractivity contribution in [2.75, 3.05) is 19.5 Å². The second-order valence-corrected chi connectivity index (χ2v) is 6.48. The van der Waals surface area contributed by atoms with Gasteiger partial charge in [0.1, 0.15) is 11.3 Å². The molecule has 0 atom stereocenters. The lowest BCUT2D eigenvalue weighted by molar-refractivity contribution is -0.385. The lowest BCUT2D eigenvalue weighted by atomic mass is 10.1. The van der Waals surface area contributed by atoms with Gasteiger partial charge in [0.25, 0.3) is 11.6 Å². The van der Waals surface area contributed by atoms with Crippen LogP contribution < -0.4 is 19.5 Å². The summed E-state index contributed by atoms with van der Waals surface area (Å²) in [6, 6.07) is 9.42. The van der Waals surface area contributed by atoms with Crippen LogP contribution in [0.4, 0.5) is 11.4 Å². The number of nitro benzene ring substituents is 1. The number of methoxy groups -OCH3 is 2. The average Bonchev–Trinajstić information content (AvgIpc) is 3.21. The predicted octanol–water partition coefficient (Wildman–Crippen LogP) is 4.19. The van der Waals surface area contributed by atoms with Gasteiger partial charge in [0.15, 0.2) is 11.5 Å². The number of carbonyl (C=O) groups is 1. The summed E-state index contributed by atoms with van der Waals surface area (Å²) in [6.07, 6.45) is 4.73. The summed E-state index contributed by atoms with van der Waals surface area (Å²) >= 11 is 0. The minimum atomic E-state index is -0.630. The van der Waals surface area contributed by atoms with Gasteiger partial charge in [-0.3, -0.25) is 14.9 Å². The molecule has 1 aliphatic rings. The minimum Gasteiger partial charge on any atom is -0.493 e. The minimum absolute atomic E-state index is 0.117. The molecule has 2 aromatic rings. The van der Waals surface area contributed by atoms with Crippen molar-refractivity contribution in [1.82, 2.24) is 0 Å². The first-order valence-electron chi connectivity index (χ1n) is 9.00. The zero-order valence-electron chi connectivity index (χ0n) is 15.8. The van der Waals surface area contributed by atoms with Crippen LogP contribution in [-0.2, 0) is 0 Å². The number of anilines is 1. The number of nitro groups is 1. The van der Waals surface area contributed by atoms with Gasteiger partial charge in [-0.2, -0.15) is 0 Å². The number of benzene rings is 2. The summed E-state index contributed by atoms with van der Waals surface area (Å²) in [5.41, 5.74) is 0.0260. The van der Waals surface area contributed by atoms with Crippen molar-refractivity contribution in [3.8, 4) is 17.2 Å². The molecule has 148 valence electrons. The van der Waals surface area contributed by atoms with Crippen molar-refractivity contribution in [1.29, 1.82) is 0 Å². The van der Waals surface area contributed by atoms with E-state index >= 15 is 0 Å². The summed E-state index contributed by atoms with van der Waals surface area (Å²) in [5.74, 6) is 0.539. The van der Waals surface area contributed by atoms with Crippen LogP contribution in [0, 0.1) is 10.1 Å². The Kier molecular flexibility index (Phi) is 5.98. The summed E-state index contributed by atoms with van der Waals surface area (Å²) in [4.78, 5) is 23.4. The van der Waals surface area contributed by atoms with Crippen LogP contribution in [0.5, 0.6) is 17.2 Å². The van der Waals surface area contributed by atoms with E-state index in [1.54, 1.807) is 24.3 Å². The first-order chi connectivity index (χ1) is 13.5. The molecular weight excluding hydrogens is 364 g/mol. The summed E-state index contributed by atoms with van der Waals surface area (Å²) < 4.78 is 16.1. The molecule has 2 aromatic carbocycles. The average molecular weight is 386 g/mol. The zero-order chi connectivity index (χ0) is 20.1. The fraction of sp³-hybridized carbons (Fsp3) is 0.350. The standard InChI is InChI=1S/C20H22N2O6/c1-26-18-11-16(17(22(24)25)12-19(18)27-2)20(23)21-13-7-9-15(10-8-13)28-14-5-3-4-6-14/h7-12,14H,3-6H2,1-2H3,(H,21,23).